The molecule has 46 heavy (non-hydrogen) atoms. The normalized spacial score (nSPS) is 12.6. The third kappa shape index (κ3) is 10.5. The maximum absolute atomic E-state index is 14.8. The van der Waals surface area contributed by atoms with Gasteiger partial charge in [0.05, 0.1) is 10.7 Å². The topological polar surface area (TPSA) is 108 Å². The molecule has 248 valence electrons. The Labute approximate surface area is 278 Å². The quantitative estimate of drug-likeness (QED) is 0.162. The number of phenolic OH excluding ortho intramolecular Hbond substituents is 1. The Morgan fingerprint density at radius 1 is 0.935 bits per heavy atom. The van der Waals surface area contributed by atoms with E-state index in [1.165, 1.54) is 12.1 Å². The number of alkyl carbamates (subject to hydrolysis) is 1. The lowest BCUT2D eigenvalue weighted by Crippen LogP contribution is -2.53. The number of hydrogen-bond donors (Lipinski definition) is 3. The van der Waals surface area contributed by atoms with Gasteiger partial charge in [0, 0.05) is 13.0 Å². The third-order valence-electron chi connectivity index (χ3n) is 7.66. The second kappa shape index (κ2) is 16.5. The zero-order valence-corrected chi connectivity index (χ0v) is 28.8. The van der Waals surface area contributed by atoms with Gasteiger partial charge in [-0.25, -0.2) is 4.79 Å². The molecule has 3 aromatic carbocycles. The molecule has 0 saturated heterocycles. The SMILES string of the molecule is CCCCCCN(C(=O)C(Cc1ccc(O)cc1)NC(=O)OC(C)(C)C)C(C(=O)Nc1c(C)cccc1Cl)c1cc(C)ccc1C. The maximum Gasteiger partial charge on any atom is 0.408 e. The number of halogens is 1. The number of ether oxygens (including phenoxy) is 1. The van der Waals surface area contributed by atoms with Crippen molar-refractivity contribution in [2.24, 2.45) is 0 Å². The van der Waals surface area contributed by atoms with E-state index >= 15 is 0 Å². The van der Waals surface area contributed by atoms with Gasteiger partial charge in [0.1, 0.15) is 23.4 Å². The lowest BCUT2D eigenvalue weighted by atomic mass is 9.95. The van der Waals surface area contributed by atoms with Crippen LogP contribution in [0.25, 0.3) is 0 Å². The zero-order valence-electron chi connectivity index (χ0n) is 28.1. The van der Waals surface area contributed by atoms with E-state index in [1.807, 2.05) is 51.1 Å². The minimum absolute atomic E-state index is 0.0887. The molecular weight excluding hydrogens is 602 g/mol. The van der Waals surface area contributed by atoms with Crippen molar-refractivity contribution in [3.63, 3.8) is 0 Å². The molecule has 0 fully saturated rings. The minimum Gasteiger partial charge on any atom is -0.508 e. The molecule has 8 nitrogen and oxygen atoms in total. The van der Waals surface area contributed by atoms with Gasteiger partial charge in [-0.05, 0) is 88.4 Å². The van der Waals surface area contributed by atoms with E-state index in [2.05, 4.69) is 17.6 Å². The van der Waals surface area contributed by atoms with Crippen LogP contribution in [0.1, 0.15) is 87.2 Å². The Morgan fingerprint density at radius 2 is 1.63 bits per heavy atom. The second-order valence-electron chi connectivity index (χ2n) is 12.8. The van der Waals surface area contributed by atoms with Crippen molar-refractivity contribution in [1.29, 1.82) is 0 Å². The highest BCUT2D eigenvalue weighted by Gasteiger charge is 2.37. The highest BCUT2D eigenvalue weighted by atomic mass is 35.5. The van der Waals surface area contributed by atoms with Gasteiger partial charge in [0.15, 0.2) is 0 Å². The molecule has 3 N–H and O–H groups in total. The summed E-state index contributed by atoms with van der Waals surface area (Å²) in [5.41, 5.74) is 3.68. The van der Waals surface area contributed by atoms with E-state index in [4.69, 9.17) is 16.3 Å². The van der Waals surface area contributed by atoms with Crippen LogP contribution in [0, 0.1) is 20.8 Å². The predicted octanol–water partition coefficient (Wildman–Crippen LogP) is 8.20. The number of anilines is 1. The molecule has 3 amide bonds. The molecule has 0 radical (unpaired) electrons. The Morgan fingerprint density at radius 3 is 2.26 bits per heavy atom. The van der Waals surface area contributed by atoms with Crippen LogP contribution in [-0.4, -0.2) is 46.1 Å². The first-order chi connectivity index (χ1) is 21.7. The van der Waals surface area contributed by atoms with Gasteiger partial charge < -0.3 is 25.4 Å². The molecule has 0 heterocycles. The highest BCUT2D eigenvalue weighted by Crippen LogP contribution is 2.32. The number of aromatic hydroxyl groups is 1. The maximum atomic E-state index is 14.8. The number of rotatable bonds is 13. The number of amides is 3. The van der Waals surface area contributed by atoms with Crippen molar-refractivity contribution in [3.05, 3.63) is 93.5 Å². The molecule has 2 atom stereocenters. The number of aryl methyl sites for hydroxylation is 3. The molecule has 0 bridgehead atoms. The molecule has 9 heteroatoms. The van der Waals surface area contributed by atoms with Gasteiger partial charge in [-0.15, -0.1) is 0 Å². The smallest absolute Gasteiger partial charge is 0.408 e. The van der Waals surface area contributed by atoms with E-state index in [9.17, 15) is 19.5 Å². The number of carbonyl (C=O) groups is 3. The molecule has 0 aliphatic rings. The first kappa shape index (κ1) is 36.4. The summed E-state index contributed by atoms with van der Waals surface area (Å²) in [5, 5.41) is 16.1. The van der Waals surface area contributed by atoms with E-state index in [0.29, 0.717) is 22.7 Å². The fourth-order valence-corrected chi connectivity index (χ4v) is 5.55. The lowest BCUT2D eigenvalue weighted by Gasteiger charge is -2.35. The number of para-hydroxylation sites is 1. The van der Waals surface area contributed by atoms with Gasteiger partial charge in [-0.2, -0.15) is 0 Å². The third-order valence-corrected chi connectivity index (χ3v) is 7.98. The van der Waals surface area contributed by atoms with E-state index in [0.717, 1.165) is 41.5 Å². The van der Waals surface area contributed by atoms with E-state index in [-0.39, 0.29) is 18.7 Å². The number of phenols is 1. The fraction of sp³-hybridized carbons (Fsp3) is 0.432. The summed E-state index contributed by atoms with van der Waals surface area (Å²) in [6, 6.07) is 15.6. The van der Waals surface area contributed by atoms with Crippen LogP contribution in [0.15, 0.2) is 60.7 Å². The van der Waals surface area contributed by atoms with Gasteiger partial charge in [0.2, 0.25) is 5.91 Å². The second-order valence-corrected chi connectivity index (χ2v) is 13.3. The summed E-state index contributed by atoms with van der Waals surface area (Å²) in [5.74, 6) is -0.743. The number of nitrogens with one attached hydrogen (secondary N) is 2. The minimum atomic E-state index is -1.06. The molecule has 0 saturated carbocycles. The van der Waals surface area contributed by atoms with E-state index < -0.39 is 35.6 Å². The fourth-order valence-electron chi connectivity index (χ4n) is 5.28. The summed E-state index contributed by atoms with van der Waals surface area (Å²) in [4.78, 5) is 43.9. The summed E-state index contributed by atoms with van der Waals surface area (Å²) in [6.07, 6.45) is 2.90. The summed E-state index contributed by atoms with van der Waals surface area (Å²) >= 11 is 6.53. The van der Waals surface area contributed by atoms with Crippen LogP contribution in [0.3, 0.4) is 0 Å². The van der Waals surface area contributed by atoms with Crippen molar-refractivity contribution in [2.45, 2.75) is 98.3 Å². The molecule has 3 rings (SSSR count). The van der Waals surface area contributed by atoms with Crippen molar-refractivity contribution in [3.8, 4) is 5.75 Å². The number of hydrogen-bond acceptors (Lipinski definition) is 5. The predicted molar refractivity (Wildman–Crippen MR) is 184 cm³/mol. The highest BCUT2D eigenvalue weighted by molar-refractivity contribution is 6.34. The summed E-state index contributed by atoms with van der Waals surface area (Å²) in [7, 11) is 0. The largest absolute Gasteiger partial charge is 0.508 e. The Hall–Kier alpha value is -4.04. The monoisotopic (exact) mass is 649 g/mol. The van der Waals surface area contributed by atoms with Crippen LogP contribution < -0.4 is 10.6 Å². The Bertz CT molecular complexity index is 1480. The first-order valence-electron chi connectivity index (χ1n) is 15.9. The number of nitrogens with zero attached hydrogens (tertiary/aromatic N) is 1. The van der Waals surface area contributed by atoms with Crippen molar-refractivity contribution in [2.75, 3.05) is 11.9 Å². The summed E-state index contributed by atoms with van der Waals surface area (Å²) in [6.45, 7) is 13.4. The number of benzene rings is 3. The average molecular weight is 650 g/mol. The van der Waals surface area contributed by atoms with Crippen LogP contribution >= 0.6 is 11.6 Å². The number of carbonyl (C=O) groups excluding carboxylic acids is 3. The van der Waals surface area contributed by atoms with Crippen molar-refractivity contribution < 1.29 is 24.2 Å². The molecule has 2 unspecified atom stereocenters. The first-order valence-corrected chi connectivity index (χ1v) is 16.3. The van der Waals surface area contributed by atoms with Crippen LogP contribution in [0.2, 0.25) is 5.02 Å². The molecular formula is C37H48ClN3O5. The van der Waals surface area contributed by atoms with Crippen LogP contribution in [0.4, 0.5) is 10.5 Å². The standard InChI is InChI=1S/C37H48ClN3O5/c1-8-9-10-11-21-41(35(44)31(39-36(45)46-37(5,6)7)23-27-17-19-28(42)20-18-27)33(29-22-24(2)15-16-25(29)3)34(43)40-32-26(4)13-12-14-30(32)38/h12-20,22,31,33,42H,8-11,21,23H2,1-7H3,(H,39,45)(H,40,43). The lowest BCUT2D eigenvalue weighted by molar-refractivity contribution is -0.140. The van der Waals surface area contributed by atoms with Gasteiger partial charge in [-0.3, -0.25) is 9.59 Å². The van der Waals surface area contributed by atoms with Gasteiger partial charge in [0.25, 0.3) is 5.91 Å². The molecule has 0 aliphatic carbocycles. The zero-order chi connectivity index (χ0) is 34.0. The Kier molecular flexibility index (Phi) is 13.1. The molecule has 0 spiro atoms. The van der Waals surface area contributed by atoms with Crippen molar-refractivity contribution >= 4 is 35.2 Å². The summed E-state index contributed by atoms with van der Waals surface area (Å²) < 4.78 is 5.55. The number of unbranched alkanes of at least 4 members (excludes halogenated alkanes) is 3. The molecule has 3 aromatic rings. The average Bonchev–Trinajstić information content (AvgIpc) is 2.97. The van der Waals surface area contributed by atoms with Crippen molar-refractivity contribution in [1.82, 2.24) is 10.2 Å². The van der Waals surface area contributed by atoms with Gasteiger partial charge in [-0.1, -0.05) is 85.8 Å². The van der Waals surface area contributed by atoms with Crippen LogP contribution in [0.5, 0.6) is 5.75 Å². The molecule has 0 aromatic heterocycles. The molecule has 0 aliphatic heterocycles. The van der Waals surface area contributed by atoms with Gasteiger partial charge >= 0.3 is 6.09 Å². The van der Waals surface area contributed by atoms with E-state index in [1.54, 1.807) is 43.9 Å². The van der Waals surface area contributed by atoms with Crippen LogP contribution in [-0.2, 0) is 20.7 Å². The Balaban J connectivity index is 2.15.